The van der Waals surface area contributed by atoms with Gasteiger partial charge >= 0.3 is 0 Å². The summed E-state index contributed by atoms with van der Waals surface area (Å²) in [5.41, 5.74) is 4.66. The molecule has 0 saturated heterocycles. The van der Waals surface area contributed by atoms with E-state index >= 15 is 0 Å². The van der Waals surface area contributed by atoms with Crippen molar-refractivity contribution in [2.75, 3.05) is 5.32 Å². The zero-order chi connectivity index (χ0) is 17.0. The van der Waals surface area contributed by atoms with Gasteiger partial charge < -0.3 is 0 Å². The van der Waals surface area contributed by atoms with Crippen molar-refractivity contribution in [3.05, 3.63) is 57.6 Å². The molecule has 4 heteroatoms. The molecule has 0 fully saturated rings. The molecule has 1 unspecified atom stereocenters. The van der Waals surface area contributed by atoms with Crippen molar-refractivity contribution in [3.8, 4) is 0 Å². The van der Waals surface area contributed by atoms with Crippen molar-refractivity contribution < 1.29 is 4.79 Å². The third-order valence-corrected chi connectivity index (χ3v) is 6.56. The number of amides is 1. The third-order valence-electron chi connectivity index (χ3n) is 5.53. The van der Waals surface area contributed by atoms with Crippen LogP contribution in [0, 0.1) is 5.92 Å². The van der Waals surface area contributed by atoms with Crippen LogP contribution in [0.4, 0.5) is 5.13 Å². The number of fused-ring (bicyclic) bond motifs is 1. The minimum atomic E-state index is -0.0465. The number of benzene rings is 2. The molecule has 0 spiro atoms. The number of aromatic nitrogens is 1. The molecule has 1 amide bonds. The Kier molecular flexibility index (Phi) is 3.42. The number of nitrogens with one attached hydrogen (secondary N) is 1. The third kappa shape index (κ3) is 2.47. The molecule has 0 saturated carbocycles. The summed E-state index contributed by atoms with van der Waals surface area (Å²) in [5, 5.41) is 6.14. The number of anilines is 1. The number of thiazole rings is 1. The Morgan fingerprint density at radius 3 is 2.88 bits per heavy atom. The number of rotatable bonds is 2. The summed E-state index contributed by atoms with van der Waals surface area (Å²) < 4.78 is 0. The number of carbonyl (C=O) groups is 1. The van der Waals surface area contributed by atoms with Crippen LogP contribution in [0.2, 0.25) is 0 Å². The highest BCUT2D eigenvalue weighted by Crippen LogP contribution is 2.34. The molecular weight excluding hydrogens is 328 g/mol. The number of carbonyl (C=O) groups excluding carboxylic acids is 1. The minimum absolute atomic E-state index is 0.0465. The quantitative estimate of drug-likeness (QED) is 0.725. The summed E-state index contributed by atoms with van der Waals surface area (Å²) in [5.74, 6) is 0.669. The number of nitrogens with zero attached hydrogens (tertiary/aromatic N) is 1. The van der Waals surface area contributed by atoms with E-state index in [4.69, 9.17) is 0 Å². The lowest BCUT2D eigenvalue weighted by Gasteiger charge is -2.15. The van der Waals surface area contributed by atoms with Gasteiger partial charge in [-0.25, -0.2) is 4.98 Å². The average Bonchev–Trinajstić information content (AvgIpc) is 3.20. The predicted octanol–water partition coefficient (Wildman–Crippen LogP) is 4.77. The molecule has 1 aromatic heterocycles. The van der Waals surface area contributed by atoms with E-state index in [0.29, 0.717) is 5.92 Å². The first-order valence-electron chi connectivity index (χ1n) is 9.02. The molecule has 1 N–H and O–H groups in total. The predicted molar refractivity (Wildman–Crippen MR) is 103 cm³/mol. The summed E-state index contributed by atoms with van der Waals surface area (Å²) in [4.78, 5) is 18.9. The van der Waals surface area contributed by atoms with Gasteiger partial charge in [-0.15, -0.1) is 11.3 Å². The highest BCUT2D eigenvalue weighted by Gasteiger charge is 2.22. The highest BCUT2D eigenvalue weighted by atomic mass is 32.1. The van der Waals surface area contributed by atoms with E-state index in [1.807, 2.05) is 6.07 Å². The van der Waals surface area contributed by atoms with Crippen LogP contribution in [0.1, 0.15) is 45.4 Å². The Morgan fingerprint density at radius 1 is 1.16 bits per heavy atom. The van der Waals surface area contributed by atoms with Gasteiger partial charge in [0.2, 0.25) is 0 Å². The first-order chi connectivity index (χ1) is 12.2. The summed E-state index contributed by atoms with van der Waals surface area (Å²) in [6.07, 6.45) is 5.47. The normalized spacial score (nSPS) is 18.4. The molecule has 3 aromatic rings. The Morgan fingerprint density at radius 2 is 2.00 bits per heavy atom. The van der Waals surface area contributed by atoms with Gasteiger partial charge in [0.05, 0.1) is 5.69 Å². The molecule has 0 bridgehead atoms. The molecule has 0 radical (unpaired) electrons. The first kappa shape index (κ1) is 15.1. The lowest BCUT2D eigenvalue weighted by molar-refractivity contribution is 0.102. The zero-order valence-electron chi connectivity index (χ0n) is 14.3. The summed E-state index contributed by atoms with van der Waals surface area (Å²) in [7, 11) is 0. The molecule has 3 nitrogen and oxygen atoms in total. The van der Waals surface area contributed by atoms with Gasteiger partial charge in [0.25, 0.3) is 5.91 Å². The van der Waals surface area contributed by atoms with Crippen LogP contribution in [0.3, 0.4) is 0 Å². The van der Waals surface area contributed by atoms with E-state index in [0.717, 1.165) is 41.8 Å². The zero-order valence-corrected chi connectivity index (χ0v) is 15.1. The Hall–Kier alpha value is -2.20. The van der Waals surface area contributed by atoms with Crippen molar-refractivity contribution in [1.29, 1.82) is 0 Å². The van der Waals surface area contributed by atoms with E-state index in [-0.39, 0.29) is 5.91 Å². The smallest absolute Gasteiger partial charge is 0.258 e. The number of hydrogen-bond donors (Lipinski definition) is 1. The van der Waals surface area contributed by atoms with E-state index in [9.17, 15) is 4.79 Å². The van der Waals surface area contributed by atoms with Crippen LogP contribution >= 0.6 is 11.3 Å². The molecule has 2 aliphatic rings. The average molecular weight is 348 g/mol. The van der Waals surface area contributed by atoms with Gasteiger partial charge in [-0.2, -0.15) is 0 Å². The van der Waals surface area contributed by atoms with Crippen LogP contribution in [-0.2, 0) is 25.7 Å². The maximum absolute atomic E-state index is 12.9. The lowest BCUT2D eigenvalue weighted by Crippen LogP contribution is -2.12. The molecule has 1 heterocycles. The highest BCUT2D eigenvalue weighted by molar-refractivity contribution is 7.15. The molecule has 126 valence electrons. The van der Waals surface area contributed by atoms with E-state index in [2.05, 4.69) is 41.5 Å². The Bertz CT molecular complexity index is 994. The number of hydrogen-bond acceptors (Lipinski definition) is 3. The fourth-order valence-corrected chi connectivity index (χ4v) is 5.37. The molecule has 2 aromatic carbocycles. The lowest BCUT2D eigenvalue weighted by atomic mass is 9.93. The second-order valence-corrected chi connectivity index (χ2v) is 8.39. The molecule has 5 rings (SSSR count). The summed E-state index contributed by atoms with van der Waals surface area (Å²) in [6.45, 7) is 2.29. The van der Waals surface area contributed by atoms with Crippen LogP contribution < -0.4 is 5.32 Å². The standard InChI is InChI=1S/C21H20N2OS/c1-12-5-10-17-18(11-12)25-21(22-17)23-20(24)16-9-8-14-7-6-13-3-2-4-15(16)19(13)14/h2-4,8-9,12H,5-7,10-11H2,1H3,(H,22,23,24). The number of aryl methyl sites for hydroxylation is 3. The van der Waals surface area contributed by atoms with Crippen molar-refractivity contribution in [2.45, 2.75) is 39.0 Å². The van der Waals surface area contributed by atoms with E-state index < -0.39 is 0 Å². The van der Waals surface area contributed by atoms with Crippen molar-refractivity contribution in [1.82, 2.24) is 4.98 Å². The maximum atomic E-state index is 12.9. The molecule has 25 heavy (non-hydrogen) atoms. The van der Waals surface area contributed by atoms with Crippen LogP contribution in [0.25, 0.3) is 10.8 Å². The topological polar surface area (TPSA) is 42.0 Å². The second kappa shape index (κ2) is 5.67. The van der Waals surface area contributed by atoms with Gasteiger partial charge in [-0.3, -0.25) is 10.1 Å². The van der Waals surface area contributed by atoms with Crippen molar-refractivity contribution in [2.24, 2.45) is 5.92 Å². The molecule has 1 atom stereocenters. The molecule has 0 aliphatic heterocycles. The van der Waals surface area contributed by atoms with Crippen molar-refractivity contribution >= 4 is 33.1 Å². The van der Waals surface area contributed by atoms with Gasteiger partial charge in [-0.1, -0.05) is 31.2 Å². The Labute approximate surface area is 151 Å². The minimum Gasteiger partial charge on any atom is -0.298 e. The van der Waals surface area contributed by atoms with Crippen molar-refractivity contribution in [3.63, 3.8) is 0 Å². The molecular formula is C21H20N2OS. The van der Waals surface area contributed by atoms with Crippen LogP contribution in [0.15, 0.2) is 30.3 Å². The van der Waals surface area contributed by atoms with Crippen LogP contribution in [-0.4, -0.2) is 10.9 Å². The van der Waals surface area contributed by atoms with Gasteiger partial charge in [-0.05, 0) is 66.0 Å². The van der Waals surface area contributed by atoms with Crippen LogP contribution in [0.5, 0.6) is 0 Å². The van der Waals surface area contributed by atoms with E-state index in [1.165, 1.54) is 33.5 Å². The maximum Gasteiger partial charge on any atom is 0.258 e. The largest absolute Gasteiger partial charge is 0.298 e. The fraction of sp³-hybridized carbons (Fsp3) is 0.333. The van der Waals surface area contributed by atoms with E-state index in [1.54, 1.807) is 11.3 Å². The summed E-state index contributed by atoms with van der Waals surface area (Å²) >= 11 is 1.64. The van der Waals surface area contributed by atoms with Gasteiger partial charge in [0.1, 0.15) is 0 Å². The summed E-state index contributed by atoms with van der Waals surface area (Å²) in [6, 6.07) is 10.4. The fourth-order valence-electron chi connectivity index (χ4n) is 4.20. The molecule has 2 aliphatic carbocycles. The first-order valence-corrected chi connectivity index (χ1v) is 9.84. The SMILES string of the molecule is CC1CCc2nc(NC(=O)c3ccc4c5c(cccc35)CC4)sc2C1. The monoisotopic (exact) mass is 348 g/mol. The van der Waals surface area contributed by atoms with Gasteiger partial charge in [0.15, 0.2) is 5.13 Å². The Balaban J connectivity index is 1.49. The second-order valence-electron chi connectivity index (χ2n) is 7.30. The van der Waals surface area contributed by atoms with Gasteiger partial charge in [0, 0.05) is 10.4 Å².